The summed E-state index contributed by atoms with van der Waals surface area (Å²) in [5.74, 6) is 0.741. The van der Waals surface area contributed by atoms with Gasteiger partial charge in [-0.1, -0.05) is 23.7 Å². The molecule has 0 saturated heterocycles. The molecule has 0 N–H and O–H groups in total. The molecule has 2 heterocycles. The maximum atomic E-state index is 11.9. The maximum absolute atomic E-state index is 11.9. The zero-order valence-corrected chi connectivity index (χ0v) is 11.4. The number of halogens is 1. The van der Waals surface area contributed by atoms with Crippen LogP contribution < -0.4 is 5.56 Å². The molecule has 100 valence electrons. The smallest absolute Gasteiger partial charge is 0.250 e. The number of nitrogens with zero attached hydrogens (tertiary/aromatic N) is 1. The molecule has 0 aliphatic rings. The Balaban J connectivity index is 1.97. The van der Waals surface area contributed by atoms with Crippen LogP contribution in [0.25, 0.3) is 11.3 Å². The third-order valence-electron chi connectivity index (χ3n) is 3.03. The van der Waals surface area contributed by atoms with Gasteiger partial charge in [0.05, 0.1) is 12.8 Å². The number of aromatic nitrogens is 1. The summed E-state index contributed by atoms with van der Waals surface area (Å²) in [5.41, 5.74) is 1.80. The van der Waals surface area contributed by atoms with Gasteiger partial charge in [-0.25, -0.2) is 0 Å². The number of hydrogen-bond acceptors (Lipinski definition) is 2. The summed E-state index contributed by atoms with van der Waals surface area (Å²) in [5, 5.41) is 0.665. The Hall–Kier alpha value is -2.26. The first-order valence-electron chi connectivity index (χ1n) is 6.21. The molecule has 4 heteroatoms. The predicted molar refractivity (Wildman–Crippen MR) is 79.0 cm³/mol. The average Bonchev–Trinajstić information content (AvgIpc) is 2.95. The van der Waals surface area contributed by atoms with Gasteiger partial charge in [0.15, 0.2) is 0 Å². The molecule has 3 rings (SSSR count). The Kier molecular flexibility index (Phi) is 3.44. The molecule has 0 spiro atoms. The molecule has 1 aromatic carbocycles. The van der Waals surface area contributed by atoms with Crippen LogP contribution in [0.15, 0.2) is 70.2 Å². The summed E-state index contributed by atoms with van der Waals surface area (Å²) in [6.45, 7) is 0.480. The maximum Gasteiger partial charge on any atom is 0.250 e. The SMILES string of the molecule is O=c1ccc(-c2ccco2)cn1Cc1cccc(Cl)c1. The highest BCUT2D eigenvalue weighted by molar-refractivity contribution is 6.30. The summed E-state index contributed by atoms with van der Waals surface area (Å²) in [4.78, 5) is 11.9. The quantitative estimate of drug-likeness (QED) is 0.733. The van der Waals surface area contributed by atoms with E-state index in [1.807, 2.05) is 36.4 Å². The Labute approximate surface area is 121 Å². The van der Waals surface area contributed by atoms with E-state index >= 15 is 0 Å². The number of benzene rings is 1. The van der Waals surface area contributed by atoms with Gasteiger partial charge in [0.1, 0.15) is 5.76 Å². The molecule has 0 unspecified atom stereocenters. The molecule has 0 atom stereocenters. The minimum atomic E-state index is -0.0553. The Morgan fingerprint density at radius 1 is 1.10 bits per heavy atom. The van der Waals surface area contributed by atoms with Crippen LogP contribution in [0.1, 0.15) is 5.56 Å². The third-order valence-corrected chi connectivity index (χ3v) is 3.27. The fraction of sp³-hybridized carbons (Fsp3) is 0.0625. The van der Waals surface area contributed by atoms with E-state index in [0.29, 0.717) is 11.6 Å². The lowest BCUT2D eigenvalue weighted by Crippen LogP contribution is -2.19. The van der Waals surface area contributed by atoms with Crippen LogP contribution in [-0.4, -0.2) is 4.57 Å². The summed E-state index contributed by atoms with van der Waals surface area (Å²) in [7, 11) is 0. The van der Waals surface area contributed by atoms with E-state index in [1.165, 1.54) is 0 Å². The van der Waals surface area contributed by atoms with Crippen molar-refractivity contribution in [1.29, 1.82) is 0 Å². The van der Waals surface area contributed by atoms with Gasteiger partial charge in [-0.15, -0.1) is 0 Å². The van der Waals surface area contributed by atoms with Gasteiger partial charge in [0.2, 0.25) is 0 Å². The van der Waals surface area contributed by atoms with Crippen molar-refractivity contribution >= 4 is 11.6 Å². The lowest BCUT2D eigenvalue weighted by Gasteiger charge is -2.07. The van der Waals surface area contributed by atoms with E-state index < -0.39 is 0 Å². The van der Waals surface area contributed by atoms with Crippen LogP contribution in [-0.2, 0) is 6.54 Å². The standard InChI is InChI=1S/C16H12ClNO2/c17-14-4-1-3-12(9-14)10-18-11-13(6-7-16(18)19)15-5-2-8-20-15/h1-9,11H,10H2. The van der Waals surface area contributed by atoms with E-state index in [9.17, 15) is 4.79 Å². The molecule has 0 bridgehead atoms. The number of pyridine rings is 1. The van der Waals surface area contributed by atoms with Crippen LogP contribution in [0.5, 0.6) is 0 Å². The van der Waals surface area contributed by atoms with Crippen molar-refractivity contribution in [1.82, 2.24) is 4.57 Å². The van der Waals surface area contributed by atoms with E-state index in [4.69, 9.17) is 16.0 Å². The minimum absolute atomic E-state index is 0.0553. The fourth-order valence-electron chi connectivity index (χ4n) is 2.08. The average molecular weight is 286 g/mol. The number of furan rings is 1. The van der Waals surface area contributed by atoms with Crippen molar-refractivity contribution in [2.24, 2.45) is 0 Å². The second-order valence-electron chi connectivity index (χ2n) is 4.49. The first-order valence-corrected chi connectivity index (χ1v) is 6.59. The Morgan fingerprint density at radius 2 is 2.00 bits per heavy atom. The highest BCUT2D eigenvalue weighted by Gasteiger charge is 2.04. The largest absolute Gasteiger partial charge is 0.464 e. The molecular formula is C16H12ClNO2. The molecule has 0 aliphatic heterocycles. The molecule has 0 fully saturated rings. The molecule has 0 radical (unpaired) electrons. The number of hydrogen-bond donors (Lipinski definition) is 0. The highest BCUT2D eigenvalue weighted by Crippen LogP contribution is 2.18. The van der Waals surface area contributed by atoms with E-state index in [2.05, 4.69) is 0 Å². The van der Waals surface area contributed by atoms with Gasteiger partial charge in [0, 0.05) is 22.8 Å². The topological polar surface area (TPSA) is 35.1 Å². The van der Waals surface area contributed by atoms with Crippen LogP contribution >= 0.6 is 11.6 Å². The van der Waals surface area contributed by atoms with Crippen molar-refractivity contribution in [3.63, 3.8) is 0 Å². The number of rotatable bonds is 3. The normalized spacial score (nSPS) is 10.7. The van der Waals surface area contributed by atoms with Gasteiger partial charge < -0.3 is 8.98 Å². The Morgan fingerprint density at radius 3 is 2.75 bits per heavy atom. The lowest BCUT2D eigenvalue weighted by molar-refractivity contribution is 0.581. The molecular weight excluding hydrogens is 274 g/mol. The molecule has 0 saturated carbocycles. The summed E-state index contributed by atoms with van der Waals surface area (Å²) >= 11 is 5.96. The second kappa shape index (κ2) is 5.39. The fourth-order valence-corrected chi connectivity index (χ4v) is 2.29. The molecule has 20 heavy (non-hydrogen) atoms. The molecule has 3 nitrogen and oxygen atoms in total. The van der Waals surface area contributed by atoms with E-state index in [0.717, 1.165) is 16.9 Å². The van der Waals surface area contributed by atoms with Crippen molar-refractivity contribution in [2.45, 2.75) is 6.54 Å². The first kappa shape index (κ1) is 12.8. The zero-order chi connectivity index (χ0) is 13.9. The monoisotopic (exact) mass is 285 g/mol. The van der Waals surface area contributed by atoms with Gasteiger partial charge in [-0.3, -0.25) is 4.79 Å². The highest BCUT2D eigenvalue weighted by atomic mass is 35.5. The van der Waals surface area contributed by atoms with Crippen molar-refractivity contribution in [3.8, 4) is 11.3 Å². The zero-order valence-electron chi connectivity index (χ0n) is 10.6. The van der Waals surface area contributed by atoms with E-state index in [1.54, 1.807) is 29.2 Å². The predicted octanol–water partition coefficient (Wildman–Crippen LogP) is 3.81. The van der Waals surface area contributed by atoms with Crippen molar-refractivity contribution in [2.75, 3.05) is 0 Å². The van der Waals surface area contributed by atoms with Gasteiger partial charge in [-0.2, -0.15) is 0 Å². The third kappa shape index (κ3) is 2.68. The van der Waals surface area contributed by atoms with Crippen LogP contribution in [0, 0.1) is 0 Å². The summed E-state index contributed by atoms with van der Waals surface area (Å²) in [6, 6.07) is 14.5. The van der Waals surface area contributed by atoms with Gasteiger partial charge >= 0.3 is 0 Å². The first-order chi connectivity index (χ1) is 9.72. The molecule has 3 aromatic rings. The molecule has 0 aliphatic carbocycles. The molecule has 0 amide bonds. The van der Waals surface area contributed by atoms with Gasteiger partial charge in [0.25, 0.3) is 5.56 Å². The van der Waals surface area contributed by atoms with Crippen LogP contribution in [0.3, 0.4) is 0 Å². The van der Waals surface area contributed by atoms with Gasteiger partial charge in [-0.05, 0) is 35.9 Å². The lowest BCUT2D eigenvalue weighted by atomic mass is 10.2. The summed E-state index contributed by atoms with van der Waals surface area (Å²) < 4.78 is 6.99. The molecule has 2 aromatic heterocycles. The minimum Gasteiger partial charge on any atom is -0.464 e. The summed E-state index contributed by atoms with van der Waals surface area (Å²) in [6.07, 6.45) is 3.41. The van der Waals surface area contributed by atoms with Crippen LogP contribution in [0.2, 0.25) is 5.02 Å². The van der Waals surface area contributed by atoms with Crippen LogP contribution in [0.4, 0.5) is 0 Å². The Bertz CT molecular complexity index is 775. The second-order valence-corrected chi connectivity index (χ2v) is 4.93. The van der Waals surface area contributed by atoms with Crippen molar-refractivity contribution < 1.29 is 4.42 Å². The van der Waals surface area contributed by atoms with E-state index in [-0.39, 0.29) is 5.56 Å². The van der Waals surface area contributed by atoms with Crippen molar-refractivity contribution in [3.05, 3.63) is 81.9 Å².